The lowest BCUT2D eigenvalue weighted by molar-refractivity contribution is -0.130. The second-order valence-corrected chi connectivity index (χ2v) is 7.14. The molecule has 0 radical (unpaired) electrons. The van der Waals surface area contributed by atoms with Crippen LogP contribution in [-0.4, -0.2) is 42.9 Å². The van der Waals surface area contributed by atoms with Crippen LogP contribution < -0.4 is 10.6 Å². The molecule has 0 unspecified atom stereocenters. The molecular weight excluding hydrogens is 352 g/mol. The fourth-order valence-electron chi connectivity index (χ4n) is 3.51. The minimum Gasteiger partial charge on any atom is -0.467 e. The van der Waals surface area contributed by atoms with Gasteiger partial charge >= 0.3 is 0 Å². The fourth-order valence-corrected chi connectivity index (χ4v) is 3.51. The summed E-state index contributed by atoms with van der Waals surface area (Å²) in [4.78, 5) is 18.9. The summed E-state index contributed by atoms with van der Waals surface area (Å²) < 4.78 is 5.31. The van der Waals surface area contributed by atoms with E-state index in [1.165, 1.54) is 5.56 Å². The third-order valence-corrected chi connectivity index (χ3v) is 5.06. The third kappa shape index (κ3) is 6.15. The molecule has 1 amide bonds. The molecule has 150 valence electrons. The number of hydrogen-bond donors (Lipinski definition) is 2. The van der Waals surface area contributed by atoms with Gasteiger partial charge in [-0.15, -0.1) is 0 Å². The first-order chi connectivity index (χ1) is 13.7. The Morgan fingerprint density at radius 3 is 2.61 bits per heavy atom. The molecule has 0 saturated carbocycles. The standard InChI is InChI=1S/C22H30N4O2/c1-2-23-22(24-16-20-9-6-14-28-20)25-17-21(27)26-12-10-19(11-13-26)15-18-7-4-3-5-8-18/h3-9,14,19H,2,10-13,15-17H2,1H3,(H2,23,24,25). The number of guanidine groups is 1. The molecular formula is C22H30N4O2. The van der Waals surface area contributed by atoms with E-state index in [9.17, 15) is 4.79 Å². The molecule has 1 saturated heterocycles. The number of nitrogens with one attached hydrogen (secondary N) is 2. The van der Waals surface area contributed by atoms with Gasteiger partial charge in [-0.25, -0.2) is 4.99 Å². The normalized spacial score (nSPS) is 15.5. The van der Waals surface area contributed by atoms with E-state index in [0.29, 0.717) is 18.4 Å². The fraction of sp³-hybridized carbons (Fsp3) is 0.455. The summed E-state index contributed by atoms with van der Waals surface area (Å²) in [6.07, 6.45) is 4.86. The minimum absolute atomic E-state index is 0.0911. The van der Waals surface area contributed by atoms with Crippen LogP contribution in [0.2, 0.25) is 0 Å². The second-order valence-electron chi connectivity index (χ2n) is 7.14. The smallest absolute Gasteiger partial charge is 0.244 e. The molecule has 0 spiro atoms. The number of nitrogens with zero attached hydrogens (tertiary/aromatic N) is 2. The number of hydrogen-bond acceptors (Lipinski definition) is 3. The van der Waals surface area contributed by atoms with E-state index in [-0.39, 0.29) is 12.5 Å². The van der Waals surface area contributed by atoms with Gasteiger partial charge in [0.25, 0.3) is 0 Å². The van der Waals surface area contributed by atoms with E-state index in [1.54, 1.807) is 6.26 Å². The van der Waals surface area contributed by atoms with Gasteiger partial charge in [0.15, 0.2) is 5.96 Å². The second kappa shape index (κ2) is 10.5. The van der Waals surface area contributed by atoms with Crippen LogP contribution in [0.15, 0.2) is 58.1 Å². The number of carbonyl (C=O) groups excluding carboxylic acids is 1. The van der Waals surface area contributed by atoms with Crippen LogP contribution in [0.3, 0.4) is 0 Å². The van der Waals surface area contributed by atoms with Crippen molar-refractivity contribution in [1.82, 2.24) is 15.5 Å². The van der Waals surface area contributed by atoms with Crippen molar-refractivity contribution in [3.63, 3.8) is 0 Å². The largest absolute Gasteiger partial charge is 0.467 e. The van der Waals surface area contributed by atoms with Gasteiger partial charge in [0.05, 0.1) is 12.8 Å². The van der Waals surface area contributed by atoms with Gasteiger partial charge < -0.3 is 20.0 Å². The molecule has 2 N–H and O–H groups in total. The summed E-state index contributed by atoms with van der Waals surface area (Å²) in [5.74, 6) is 2.21. The van der Waals surface area contributed by atoms with E-state index in [4.69, 9.17) is 4.42 Å². The summed E-state index contributed by atoms with van der Waals surface area (Å²) in [6.45, 7) is 5.09. The lowest BCUT2D eigenvalue weighted by Crippen LogP contribution is -2.41. The molecule has 0 aliphatic carbocycles. The summed E-state index contributed by atoms with van der Waals surface area (Å²) in [6, 6.07) is 14.4. The van der Waals surface area contributed by atoms with Crippen molar-refractivity contribution < 1.29 is 9.21 Å². The van der Waals surface area contributed by atoms with Crippen LogP contribution in [0.4, 0.5) is 0 Å². The Bertz CT molecular complexity index is 735. The maximum Gasteiger partial charge on any atom is 0.244 e. The van der Waals surface area contributed by atoms with Crippen LogP contribution >= 0.6 is 0 Å². The van der Waals surface area contributed by atoms with Crippen molar-refractivity contribution in [1.29, 1.82) is 0 Å². The highest BCUT2D eigenvalue weighted by Gasteiger charge is 2.22. The Morgan fingerprint density at radius 2 is 1.93 bits per heavy atom. The first kappa shape index (κ1) is 20.0. The van der Waals surface area contributed by atoms with Gasteiger partial charge in [-0.2, -0.15) is 0 Å². The maximum absolute atomic E-state index is 12.5. The Hall–Kier alpha value is -2.76. The predicted octanol–water partition coefficient (Wildman–Crippen LogP) is 2.82. The Balaban J connectivity index is 1.43. The number of rotatable bonds is 7. The monoisotopic (exact) mass is 382 g/mol. The number of aliphatic imine (C=N–C) groups is 1. The first-order valence-corrected chi connectivity index (χ1v) is 10.1. The molecule has 1 aliphatic heterocycles. The SMILES string of the molecule is CCNC(=NCC(=O)N1CCC(Cc2ccccc2)CC1)NCc1ccco1. The van der Waals surface area contributed by atoms with Gasteiger partial charge in [0.2, 0.25) is 5.91 Å². The zero-order valence-electron chi connectivity index (χ0n) is 16.6. The molecule has 28 heavy (non-hydrogen) atoms. The highest BCUT2D eigenvalue weighted by molar-refractivity contribution is 5.84. The van der Waals surface area contributed by atoms with E-state index in [0.717, 1.165) is 44.7 Å². The number of furan rings is 1. The molecule has 3 rings (SSSR count). The third-order valence-electron chi connectivity index (χ3n) is 5.06. The molecule has 1 fully saturated rings. The van der Waals surface area contributed by atoms with Gasteiger partial charge in [0, 0.05) is 19.6 Å². The Labute approximate surface area is 167 Å². The maximum atomic E-state index is 12.5. The number of piperidine rings is 1. The van der Waals surface area contributed by atoms with Gasteiger partial charge in [-0.3, -0.25) is 4.79 Å². The van der Waals surface area contributed by atoms with Crippen molar-refractivity contribution in [2.75, 3.05) is 26.2 Å². The number of carbonyl (C=O) groups is 1. The van der Waals surface area contributed by atoms with Crippen LogP contribution in [0.1, 0.15) is 31.1 Å². The van der Waals surface area contributed by atoms with E-state index in [2.05, 4.69) is 46.0 Å². The van der Waals surface area contributed by atoms with Gasteiger partial charge in [0.1, 0.15) is 12.3 Å². The van der Waals surface area contributed by atoms with Crippen LogP contribution in [0.25, 0.3) is 0 Å². The van der Waals surface area contributed by atoms with Crippen molar-refractivity contribution >= 4 is 11.9 Å². The molecule has 1 aromatic heterocycles. The van der Waals surface area contributed by atoms with Crippen molar-refractivity contribution in [2.24, 2.45) is 10.9 Å². The van der Waals surface area contributed by atoms with Gasteiger partial charge in [-0.1, -0.05) is 30.3 Å². The van der Waals surface area contributed by atoms with E-state index >= 15 is 0 Å². The zero-order valence-corrected chi connectivity index (χ0v) is 16.6. The molecule has 2 aromatic rings. The average Bonchev–Trinajstić information content (AvgIpc) is 3.25. The van der Waals surface area contributed by atoms with Crippen molar-refractivity contribution in [3.05, 3.63) is 60.1 Å². The van der Waals surface area contributed by atoms with Crippen molar-refractivity contribution in [2.45, 2.75) is 32.7 Å². The predicted molar refractivity (Wildman–Crippen MR) is 111 cm³/mol. The van der Waals surface area contributed by atoms with E-state index in [1.807, 2.05) is 24.0 Å². The van der Waals surface area contributed by atoms with E-state index < -0.39 is 0 Å². The van der Waals surface area contributed by atoms with Crippen LogP contribution in [0, 0.1) is 5.92 Å². The topological polar surface area (TPSA) is 69.9 Å². The molecule has 2 heterocycles. The molecule has 1 aromatic carbocycles. The highest BCUT2D eigenvalue weighted by Crippen LogP contribution is 2.21. The first-order valence-electron chi connectivity index (χ1n) is 10.1. The summed E-state index contributed by atoms with van der Waals surface area (Å²) in [5, 5.41) is 6.35. The highest BCUT2D eigenvalue weighted by atomic mass is 16.3. The summed E-state index contributed by atoms with van der Waals surface area (Å²) in [5.41, 5.74) is 1.38. The molecule has 0 bridgehead atoms. The van der Waals surface area contributed by atoms with Crippen LogP contribution in [0.5, 0.6) is 0 Å². The summed E-state index contributed by atoms with van der Waals surface area (Å²) >= 11 is 0. The number of likely N-dealkylation sites (tertiary alicyclic amines) is 1. The summed E-state index contributed by atoms with van der Waals surface area (Å²) in [7, 11) is 0. The Kier molecular flexibility index (Phi) is 7.53. The minimum atomic E-state index is 0.0911. The van der Waals surface area contributed by atoms with Gasteiger partial charge in [-0.05, 0) is 49.8 Å². The number of amides is 1. The average molecular weight is 383 g/mol. The number of benzene rings is 1. The Morgan fingerprint density at radius 1 is 1.14 bits per heavy atom. The molecule has 1 aliphatic rings. The van der Waals surface area contributed by atoms with Crippen LogP contribution in [-0.2, 0) is 17.8 Å². The lowest BCUT2D eigenvalue weighted by Gasteiger charge is -2.31. The molecule has 6 heteroatoms. The molecule has 0 atom stereocenters. The molecule has 6 nitrogen and oxygen atoms in total. The lowest BCUT2D eigenvalue weighted by atomic mass is 9.90. The quantitative estimate of drug-likeness (QED) is 0.571. The zero-order chi connectivity index (χ0) is 19.6. The van der Waals surface area contributed by atoms with Crippen molar-refractivity contribution in [3.8, 4) is 0 Å².